The molecular weight excluding hydrogens is 214 g/mol. The summed E-state index contributed by atoms with van der Waals surface area (Å²) in [6.45, 7) is 0. The van der Waals surface area contributed by atoms with Crippen molar-refractivity contribution < 1.29 is 0 Å². The van der Waals surface area contributed by atoms with Gasteiger partial charge in [0.15, 0.2) is 0 Å². The molecule has 1 aromatic rings. The van der Waals surface area contributed by atoms with Crippen LogP contribution in [0.15, 0.2) is 41.7 Å². The molecule has 0 amide bonds. The van der Waals surface area contributed by atoms with E-state index in [-0.39, 0.29) is 11.4 Å². The van der Waals surface area contributed by atoms with Crippen LogP contribution in [0.4, 0.5) is 0 Å². The molecule has 0 aliphatic carbocycles. The highest BCUT2D eigenvalue weighted by Gasteiger charge is 2.12. The monoisotopic (exact) mass is 223 g/mol. The molecule has 0 radical (unpaired) electrons. The van der Waals surface area contributed by atoms with Crippen molar-refractivity contribution in [1.82, 2.24) is 5.32 Å². The maximum atomic E-state index is 9.01. The van der Waals surface area contributed by atoms with Crippen LogP contribution in [-0.2, 0) is 0 Å². The Bertz CT molecular complexity index is 539. The van der Waals surface area contributed by atoms with Crippen LogP contribution in [0.25, 0.3) is 0 Å². The Balaban J connectivity index is 2.99. The fourth-order valence-corrected chi connectivity index (χ4v) is 1.21. The lowest BCUT2D eigenvalue weighted by molar-refractivity contribution is 0.738. The molecule has 0 heterocycles. The van der Waals surface area contributed by atoms with E-state index < -0.39 is 6.04 Å². The van der Waals surface area contributed by atoms with E-state index in [2.05, 4.69) is 5.32 Å². The van der Waals surface area contributed by atoms with Gasteiger partial charge in [-0.25, -0.2) is 0 Å². The molecule has 0 fully saturated rings. The van der Waals surface area contributed by atoms with E-state index in [4.69, 9.17) is 21.5 Å². The Kier molecular flexibility index (Phi) is 4.13. The van der Waals surface area contributed by atoms with Crippen molar-refractivity contribution in [2.45, 2.75) is 6.04 Å². The zero-order chi connectivity index (χ0) is 12.7. The quantitative estimate of drug-likeness (QED) is 0.744. The molecule has 1 atom stereocenters. The normalized spacial score (nSPS) is 12.3. The number of hydrogen-bond donors (Lipinski definition) is 2. The van der Waals surface area contributed by atoms with Gasteiger partial charge in [0, 0.05) is 0 Å². The second-order valence-electron chi connectivity index (χ2n) is 3.13. The number of hydrogen-bond acceptors (Lipinski definition) is 5. The molecule has 0 bridgehead atoms. The molecule has 1 rings (SSSR count). The molecular formula is C12H9N5. The number of rotatable bonds is 3. The Morgan fingerprint density at radius 3 is 2.24 bits per heavy atom. The van der Waals surface area contributed by atoms with E-state index in [1.54, 1.807) is 36.4 Å². The molecule has 0 saturated carbocycles. The number of allylic oxidation sites excluding steroid dienone is 2. The predicted octanol–water partition coefficient (Wildman–Crippen LogP) is 1.06. The fraction of sp³-hybridized carbons (Fsp3) is 0.0833. The maximum absolute atomic E-state index is 9.01. The summed E-state index contributed by atoms with van der Waals surface area (Å²) in [5.74, 6) is 0. The minimum absolute atomic E-state index is 0.0945. The highest BCUT2D eigenvalue weighted by Crippen LogP contribution is 2.13. The van der Waals surface area contributed by atoms with Crippen LogP contribution >= 0.6 is 0 Å². The van der Waals surface area contributed by atoms with E-state index in [1.165, 1.54) is 0 Å². The van der Waals surface area contributed by atoms with Gasteiger partial charge in [0.2, 0.25) is 0 Å². The summed E-state index contributed by atoms with van der Waals surface area (Å²) in [4.78, 5) is 0. The minimum Gasteiger partial charge on any atom is -0.388 e. The van der Waals surface area contributed by atoms with Crippen LogP contribution < -0.4 is 11.1 Å². The SMILES string of the molecule is N#CC(N)=C(C#N)NC(C#N)c1ccccc1. The molecule has 1 unspecified atom stereocenters. The number of nitrogens with zero attached hydrogens (tertiary/aromatic N) is 3. The van der Waals surface area contributed by atoms with E-state index in [9.17, 15) is 0 Å². The van der Waals surface area contributed by atoms with E-state index in [1.807, 2.05) is 12.1 Å². The van der Waals surface area contributed by atoms with Crippen molar-refractivity contribution in [3.63, 3.8) is 0 Å². The second-order valence-corrected chi connectivity index (χ2v) is 3.13. The van der Waals surface area contributed by atoms with E-state index in [0.29, 0.717) is 5.56 Å². The summed E-state index contributed by atoms with van der Waals surface area (Å²) in [7, 11) is 0. The third kappa shape index (κ3) is 2.99. The lowest BCUT2D eigenvalue weighted by atomic mass is 10.1. The highest BCUT2D eigenvalue weighted by atomic mass is 14.9. The van der Waals surface area contributed by atoms with Gasteiger partial charge >= 0.3 is 0 Å². The third-order valence-corrected chi connectivity index (χ3v) is 2.05. The smallest absolute Gasteiger partial charge is 0.149 e. The van der Waals surface area contributed by atoms with Crippen molar-refractivity contribution in [3.05, 3.63) is 47.3 Å². The lowest BCUT2D eigenvalue weighted by Crippen LogP contribution is -2.21. The Morgan fingerprint density at radius 1 is 1.12 bits per heavy atom. The fourth-order valence-electron chi connectivity index (χ4n) is 1.21. The molecule has 0 aromatic heterocycles. The Morgan fingerprint density at radius 2 is 1.76 bits per heavy atom. The van der Waals surface area contributed by atoms with Crippen molar-refractivity contribution >= 4 is 0 Å². The lowest BCUT2D eigenvalue weighted by Gasteiger charge is -2.11. The second kappa shape index (κ2) is 5.80. The van der Waals surface area contributed by atoms with Gasteiger partial charge in [0.25, 0.3) is 0 Å². The van der Waals surface area contributed by atoms with Crippen molar-refractivity contribution in [2.75, 3.05) is 0 Å². The molecule has 5 heteroatoms. The van der Waals surface area contributed by atoms with Crippen LogP contribution in [0.2, 0.25) is 0 Å². The van der Waals surface area contributed by atoms with Gasteiger partial charge in [0.1, 0.15) is 29.6 Å². The van der Waals surface area contributed by atoms with Crippen LogP contribution in [-0.4, -0.2) is 0 Å². The summed E-state index contributed by atoms with van der Waals surface area (Å²) in [5.41, 5.74) is 5.71. The molecule has 5 nitrogen and oxygen atoms in total. The van der Waals surface area contributed by atoms with Crippen LogP contribution in [0.1, 0.15) is 11.6 Å². The molecule has 0 saturated heterocycles. The van der Waals surface area contributed by atoms with Gasteiger partial charge in [-0.1, -0.05) is 30.3 Å². The summed E-state index contributed by atoms with van der Waals surface area (Å²) >= 11 is 0. The zero-order valence-electron chi connectivity index (χ0n) is 8.88. The zero-order valence-corrected chi connectivity index (χ0v) is 8.88. The van der Waals surface area contributed by atoms with Crippen LogP contribution in [0.5, 0.6) is 0 Å². The molecule has 3 N–H and O–H groups in total. The Hall–Kier alpha value is -2.97. The van der Waals surface area contributed by atoms with Crippen molar-refractivity contribution in [1.29, 1.82) is 15.8 Å². The first kappa shape index (κ1) is 12.1. The van der Waals surface area contributed by atoms with Gasteiger partial charge in [-0.05, 0) is 5.56 Å². The van der Waals surface area contributed by atoms with Crippen molar-refractivity contribution in [2.24, 2.45) is 5.73 Å². The number of nitrogens with two attached hydrogens (primary N) is 1. The molecule has 17 heavy (non-hydrogen) atoms. The van der Waals surface area contributed by atoms with Crippen LogP contribution in [0, 0.1) is 34.0 Å². The number of benzene rings is 1. The average Bonchev–Trinajstić information content (AvgIpc) is 2.40. The maximum Gasteiger partial charge on any atom is 0.149 e. The van der Waals surface area contributed by atoms with Crippen molar-refractivity contribution in [3.8, 4) is 18.2 Å². The first-order valence-corrected chi connectivity index (χ1v) is 4.74. The van der Waals surface area contributed by atoms with Gasteiger partial charge in [-0.2, -0.15) is 15.8 Å². The highest BCUT2D eigenvalue weighted by molar-refractivity contribution is 5.36. The van der Waals surface area contributed by atoms with E-state index in [0.717, 1.165) is 0 Å². The largest absolute Gasteiger partial charge is 0.388 e. The minimum atomic E-state index is -0.710. The molecule has 0 aliphatic heterocycles. The third-order valence-electron chi connectivity index (χ3n) is 2.05. The van der Waals surface area contributed by atoms with Gasteiger partial charge < -0.3 is 11.1 Å². The molecule has 0 aliphatic rings. The van der Waals surface area contributed by atoms with Crippen LogP contribution in [0.3, 0.4) is 0 Å². The number of nitrogens with one attached hydrogen (secondary N) is 1. The van der Waals surface area contributed by atoms with Gasteiger partial charge in [-0.15, -0.1) is 0 Å². The molecule has 0 spiro atoms. The molecule has 1 aromatic carbocycles. The summed E-state index contributed by atoms with van der Waals surface area (Å²) in [6.07, 6.45) is 0. The topological polar surface area (TPSA) is 109 Å². The first-order chi connectivity index (χ1) is 8.22. The van der Waals surface area contributed by atoms with E-state index >= 15 is 0 Å². The first-order valence-electron chi connectivity index (χ1n) is 4.74. The predicted molar refractivity (Wildman–Crippen MR) is 60.4 cm³/mol. The number of nitriles is 3. The summed E-state index contributed by atoms with van der Waals surface area (Å²) in [6, 6.07) is 13.6. The van der Waals surface area contributed by atoms with Gasteiger partial charge in [-0.3, -0.25) is 0 Å². The average molecular weight is 223 g/mol. The summed E-state index contributed by atoms with van der Waals surface area (Å²) < 4.78 is 0. The summed E-state index contributed by atoms with van der Waals surface area (Å²) in [5, 5.41) is 29.0. The molecule has 82 valence electrons. The Labute approximate surface area is 99.0 Å². The van der Waals surface area contributed by atoms with Gasteiger partial charge in [0.05, 0.1) is 6.07 Å². The standard InChI is InChI=1S/C12H9N5/c13-6-10(16)12(8-15)17-11(7-14)9-4-2-1-3-5-9/h1-5,11,17H,16H2.